The smallest absolute Gasteiger partial charge is 0.316 e. The molecule has 8 nitrogen and oxygen atoms in total. The van der Waals surface area contributed by atoms with Gasteiger partial charge in [0.25, 0.3) is 5.56 Å². The number of carboxylic acids is 1. The molecule has 1 atom stereocenters. The number of nitrogens with two attached hydrogens (primary N) is 1. The Bertz CT molecular complexity index is 665. The van der Waals surface area contributed by atoms with Gasteiger partial charge in [-0.25, -0.2) is 4.98 Å². The van der Waals surface area contributed by atoms with Gasteiger partial charge in [-0.15, -0.1) is 0 Å². The Kier molecular flexibility index (Phi) is 3.74. The summed E-state index contributed by atoms with van der Waals surface area (Å²) in [6, 6.07) is 0. The number of aryl methyl sites for hydroxylation is 1. The van der Waals surface area contributed by atoms with E-state index in [1.807, 2.05) is 0 Å². The van der Waals surface area contributed by atoms with Crippen LogP contribution in [0.25, 0.3) is 11.2 Å². The number of H-pyrrole nitrogens is 1. The van der Waals surface area contributed by atoms with Gasteiger partial charge in [-0.2, -0.15) is 16.7 Å². The highest BCUT2D eigenvalue weighted by molar-refractivity contribution is 7.99. The van der Waals surface area contributed by atoms with Gasteiger partial charge in [0, 0.05) is 6.54 Å². The van der Waals surface area contributed by atoms with Crippen molar-refractivity contribution in [3.63, 3.8) is 0 Å². The number of rotatable bonds is 5. The van der Waals surface area contributed by atoms with E-state index >= 15 is 0 Å². The van der Waals surface area contributed by atoms with Crippen molar-refractivity contribution in [2.24, 2.45) is 0 Å². The third kappa shape index (κ3) is 2.70. The molecule has 0 fully saturated rings. The molecule has 2 aromatic heterocycles. The van der Waals surface area contributed by atoms with E-state index in [1.165, 1.54) is 18.1 Å². The zero-order valence-electron chi connectivity index (χ0n) is 10.2. The van der Waals surface area contributed by atoms with Gasteiger partial charge < -0.3 is 15.4 Å². The summed E-state index contributed by atoms with van der Waals surface area (Å²) in [7, 11) is 0. The van der Waals surface area contributed by atoms with Gasteiger partial charge >= 0.3 is 5.97 Å². The van der Waals surface area contributed by atoms with Crippen molar-refractivity contribution in [2.45, 2.75) is 18.2 Å². The van der Waals surface area contributed by atoms with Gasteiger partial charge in [-0.3, -0.25) is 14.6 Å². The second-order valence-electron chi connectivity index (χ2n) is 3.91. The average Bonchev–Trinajstić information content (AvgIpc) is 2.72. The molecule has 0 aromatic carbocycles. The first-order chi connectivity index (χ1) is 9.02. The number of carbonyl (C=O) groups is 1. The standard InChI is InChI=1S/C10H13N5O3S/c1-19-5(9(17)18)2-3-15-4-12-7-6(15)8(16)14-10(11)13-7/h4-5H,2-3H2,1H3,(H,17,18)(H3,11,13,14,16). The van der Waals surface area contributed by atoms with Gasteiger partial charge in [0.1, 0.15) is 5.25 Å². The first-order valence-corrected chi connectivity index (χ1v) is 6.78. The fourth-order valence-electron chi connectivity index (χ4n) is 1.77. The van der Waals surface area contributed by atoms with Crippen LogP contribution < -0.4 is 11.3 Å². The van der Waals surface area contributed by atoms with E-state index in [9.17, 15) is 9.59 Å². The molecule has 0 aliphatic carbocycles. The predicted octanol–water partition coefficient (Wildman–Crippen LogP) is -0.0919. The highest BCUT2D eigenvalue weighted by atomic mass is 32.2. The number of thioether (sulfide) groups is 1. The van der Waals surface area contributed by atoms with Crippen molar-refractivity contribution in [3.8, 4) is 0 Å². The van der Waals surface area contributed by atoms with Crippen LogP contribution in [-0.4, -0.2) is 42.1 Å². The molecule has 0 radical (unpaired) electrons. The van der Waals surface area contributed by atoms with Crippen LogP contribution >= 0.6 is 11.8 Å². The minimum absolute atomic E-state index is 0.00952. The van der Waals surface area contributed by atoms with Gasteiger partial charge in [-0.05, 0) is 12.7 Å². The molecule has 9 heteroatoms. The maximum Gasteiger partial charge on any atom is 0.316 e. The first-order valence-electron chi connectivity index (χ1n) is 5.49. The van der Waals surface area contributed by atoms with Crippen molar-refractivity contribution in [2.75, 3.05) is 12.0 Å². The lowest BCUT2D eigenvalue weighted by molar-refractivity contribution is -0.136. The first kappa shape index (κ1) is 13.4. The molecule has 2 aromatic rings. The minimum Gasteiger partial charge on any atom is -0.480 e. The van der Waals surface area contributed by atoms with Crippen molar-refractivity contribution in [3.05, 3.63) is 16.7 Å². The second kappa shape index (κ2) is 5.31. The number of hydrogen-bond donors (Lipinski definition) is 3. The lowest BCUT2D eigenvalue weighted by Gasteiger charge is -2.09. The molecule has 0 saturated carbocycles. The molecule has 0 spiro atoms. The molecule has 0 amide bonds. The Morgan fingerprint density at radius 1 is 1.68 bits per heavy atom. The van der Waals surface area contributed by atoms with E-state index in [-0.39, 0.29) is 17.2 Å². The van der Waals surface area contributed by atoms with Crippen LogP contribution in [0.5, 0.6) is 0 Å². The quantitative estimate of drug-likeness (QED) is 0.699. The predicted molar refractivity (Wildman–Crippen MR) is 72.1 cm³/mol. The van der Waals surface area contributed by atoms with Crippen molar-refractivity contribution in [1.82, 2.24) is 19.5 Å². The Labute approximate surface area is 112 Å². The maximum atomic E-state index is 11.8. The third-order valence-corrected chi connectivity index (χ3v) is 3.70. The molecule has 4 N–H and O–H groups in total. The van der Waals surface area contributed by atoms with Gasteiger partial charge in [0.2, 0.25) is 5.95 Å². The summed E-state index contributed by atoms with van der Waals surface area (Å²) in [5, 5.41) is 8.45. The molecule has 0 aliphatic heterocycles. The van der Waals surface area contributed by atoms with Crippen molar-refractivity contribution < 1.29 is 9.90 Å². The van der Waals surface area contributed by atoms with Crippen molar-refractivity contribution >= 4 is 34.8 Å². The fraction of sp³-hybridized carbons (Fsp3) is 0.400. The van der Waals surface area contributed by atoms with Crippen LogP contribution in [-0.2, 0) is 11.3 Å². The number of fused-ring (bicyclic) bond motifs is 1. The third-order valence-electron chi connectivity index (χ3n) is 2.69. The lowest BCUT2D eigenvalue weighted by Crippen LogP contribution is -2.19. The van der Waals surface area contributed by atoms with Gasteiger partial charge in [0.15, 0.2) is 11.2 Å². The molecule has 0 saturated heterocycles. The number of imidazole rings is 1. The van der Waals surface area contributed by atoms with Crippen LogP contribution in [0.4, 0.5) is 5.95 Å². The highest BCUT2D eigenvalue weighted by Gasteiger charge is 2.17. The highest BCUT2D eigenvalue weighted by Crippen LogP contribution is 2.14. The summed E-state index contributed by atoms with van der Waals surface area (Å²) in [6.07, 6.45) is 3.59. The number of aromatic nitrogens is 4. The number of nitrogens with zero attached hydrogens (tertiary/aromatic N) is 3. The number of nitrogen functional groups attached to an aromatic ring is 1. The topological polar surface area (TPSA) is 127 Å². The Hall–Kier alpha value is -2.03. The number of aliphatic carboxylic acids is 1. The summed E-state index contributed by atoms with van der Waals surface area (Å²) >= 11 is 1.26. The second-order valence-corrected chi connectivity index (χ2v) is 4.95. The summed E-state index contributed by atoms with van der Waals surface area (Å²) in [4.78, 5) is 33.0. The molecule has 2 rings (SSSR count). The van der Waals surface area contributed by atoms with E-state index in [2.05, 4.69) is 15.0 Å². The van der Waals surface area contributed by atoms with E-state index < -0.39 is 11.2 Å². The monoisotopic (exact) mass is 283 g/mol. The largest absolute Gasteiger partial charge is 0.480 e. The van der Waals surface area contributed by atoms with Crippen LogP contribution in [0.1, 0.15) is 6.42 Å². The van der Waals surface area contributed by atoms with E-state index in [0.29, 0.717) is 18.5 Å². The molecule has 1 unspecified atom stereocenters. The summed E-state index contributed by atoms with van der Waals surface area (Å²) < 4.78 is 1.59. The zero-order chi connectivity index (χ0) is 14.0. The summed E-state index contributed by atoms with van der Waals surface area (Å²) in [5.41, 5.74) is 5.61. The maximum absolute atomic E-state index is 11.8. The molecule has 2 heterocycles. The Morgan fingerprint density at radius 3 is 3.05 bits per heavy atom. The Morgan fingerprint density at radius 2 is 2.42 bits per heavy atom. The minimum atomic E-state index is -0.867. The number of carboxylic acid groups (broad SMARTS) is 1. The van der Waals surface area contributed by atoms with Crippen LogP contribution in [0.3, 0.4) is 0 Å². The SMILES string of the molecule is CSC(CCn1cnc2nc(N)[nH]c(=O)c21)C(=O)O. The van der Waals surface area contributed by atoms with Crippen molar-refractivity contribution in [1.29, 1.82) is 0 Å². The number of aromatic amines is 1. The number of nitrogens with one attached hydrogen (secondary N) is 1. The van der Waals surface area contributed by atoms with Crippen LogP contribution in [0.15, 0.2) is 11.1 Å². The fourth-order valence-corrected chi connectivity index (χ4v) is 2.31. The van der Waals surface area contributed by atoms with Crippen LogP contribution in [0.2, 0.25) is 0 Å². The lowest BCUT2D eigenvalue weighted by atomic mass is 10.3. The molecular weight excluding hydrogens is 270 g/mol. The van der Waals surface area contributed by atoms with E-state index in [0.717, 1.165) is 0 Å². The van der Waals surface area contributed by atoms with E-state index in [1.54, 1.807) is 10.8 Å². The van der Waals surface area contributed by atoms with Gasteiger partial charge in [-0.1, -0.05) is 0 Å². The van der Waals surface area contributed by atoms with Crippen LogP contribution in [0, 0.1) is 0 Å². The zero-order valence-corrected chi connectivity index (χ0v) is 11.0. The van der Waals surface area contributed by atoms with E-state index in [4.69, 9.17) is 10.8 Å². The molecule has 102 valence electrons. The molecule has 0 aliphatic rings. The summed E-state index contributed by atoms with van der Waals surface area (Å²) in [6.45, 7) is 0.378. The number of anilines is 1. The average molecular weight is 283 g/mol. The Balaban J connectivity index is 2.27. The normalized spacial score (nSPS) is 12.7. The molecule has 19 heavy (non-hydrogen) atoms. The van der Waals surface area contributed by atoms with Gasteiger partial charge in [0.05, 0.1) is 6.33 Å². The molecular formula is C10H13N5O3S. The number of hydrogen-bond acceptors (Lipinski definition) is 6. The molecule has 0 bridgehead atoms. The summed E-state index contributed by atoms with van der Waals surface area (Å²) in [5.74, 6) is -0.858.